The highest BCUT2D eigenvalue weighted by Crippen LogP contribution is 2.25. The maximum absolute atomic E-state index is 8.55. The first-order valence-electron chi connectivity index (χ1n) is 6.05. The molecule has 1 aromatic carbocycles. The monoisotopic (exact) mass is 214 g/mol. The maximum Gasteiger partial charge on any atom is 0.0622 e. The molecule has 84 valence electrons. The number of benzene rings is 1. The molecule has 1 aliphatic carbocycles. The van der Waals surface area contributed by atoms with Crippen molar-refractivity contribution in [2.45, 2.75) is 44.6 Å². The Morgan fingerprint density at radius 3 is 2.75 bits per heavy atom. The third kappa shape index (κ3) is 2.43. The minimum atomic E-state index is 0.0203. The van der Waals surface area contributed by atoms with Gasteiger partial charge in [0, 0.05) is 12.5 Å². The summed E-state index contributed by atoms with van der Waals surface area (Å²) in [4.78, 5) is 0. The van der Waals surface area contributed by atoms with Crippen LogP contribution in [0.3, 0.4) is 0 Å². The van der Waals surface area contributed by atoms with Crippen LogP contribution in [0.1, 0.15) is 48.4 Å². The summed E-state index contributed by atoms with van der Waals surface area (Å²) in [7, 11) is 0. The third-order valence-electron chi connectivity index (χ3n) is 3.37. The summed E-state index contributed by atoms with van der Waals surface area (Å²) in [5.74, 6) is 0. The first-order valence-corrected chi connectivity index (χ1v) is 6.05. The van der Waals surface area contributed by atoms with E-state index in [2.05, 4.69) is 24.3 Å². The van der Waals surface area contributed by atoms with E-state index >= 15 is 0 Å². The van der Waals surface area contributed by atoms with Gasteiger partial charge >= 0.3 is 0 Å². The van der Waals surface area contributed by atoms with Crippen molar-refractivity contribution < 1.29 is 0 Å². The summed E-state index contributed by atoms with van der Waals surface area (Å²) in [5.41, 5.74) is 10.2. The van der Waals surface area contributed by atoms with Crippen LogP contribution in [0.25, 0.3) is 0 Å². The number of aryl methyl sites for hydroxylation is 2. The molecule has 0 bridgehead atoms. The quantitative estimate of drug-likeness (QED) is 0.841. The largest absolute Gasteiger partial charge is 0.324 e. The molecule has 16 heavy (non-hydrogen) atoms. The van der Waals surface area contributed by atoms with Crippen LogP contribution in [-0.4, -0.2) is 0 Å². The second-order valence-electron chi connectivity index (χ2n) is 4.54. The number of nitrogens with two attached hydrogens (primary N) is 1. The van der Waals surface area contributed by atoms with Gasteiger partial charge < -0.3 is 5.73 Å². The Hall–Kier alpha value is -1.33. The molecule has 0 amide bonds. The topological polar surface area (TPSA) is 49.8 Å². The predicted molar refractivity (Wildman–Crippen MR) is 64.9 cm³/mol. The van der Waals surface area contributed by atoms with E-state index in [0.29, 0.717) is 6.42 Å². The van der Waals surface area contributed by atoms with Crippen molar-refractivity contribution in [1.82, 2.24) is 0 Å². The molecule has 2 nitrogen and oxygen atoms in total. The van der Waals surface area contributed by atoms with Crippen LogP contribution in [0, 0.1) is 11.3 Å². The normalized spacial score (nSPS) is 16.2. The molecular weight excluding hydrogens is 196 g/mol. The highest BCUT2D eigenvalue weighted by molar-refractivity contribution is 5.35. The number of nitriles is 1. The molecule has 1 unspecified atom stereocenters. The van der Waals surface area contributed by atoms with Gasteiger partial charge in [0.2, 0.25) is 0 Å². The molecule has 2 N–H and O–H groups in total. The zero-order valence-corrected chi connectivity index (χ0v) is 9.58. The predicted octanol–water partition coefficient (Wildman–Crippen LogP) is 2.87. The maximum atomic E-state index is 8.55. The molecule has 0 heterocycles. The number of hydrogen-bond donors (Lipinski definition) is 1. The van der Waals surface area contributed by atoms with E-state index in [1.54, 1.807) is 0 Å². The van der Waals surface area contributed by atoms with E-state index in [4.69, 9.17) is 11.0 Å². The second-order valence-corrected chi connectivity index (χ2v) is 4.54. The summed E-state index contributed by atoms with van der Waals surface area (Å²) >= 11 is 0. The first-order chi connectivity index (χ1) is 7.81. The summed E-state index contributed by atoms with van der Waals surface area (Å²) < 4.78 is 0. The van der Waals surface area contributed by atoms with Gasteiger partial charge in [-0.3, -0.25) is 0 Å². The molecule has 0 spiro atoms. The molecule has 1 aliphatic rings. The molecule has 0 saturated carbocycles. The molecule has 0 saturated heterocycles. The standard InChI is InChI=1S/C14H18N2/c15-9-3-6-14(16)13-8-7-11-4-1-2-5-12(11)10-13/h7-8,10,14H,1-6,16H2. The summed E-state index contributed by atoms with van der Waals surface area (Å²) in [5, 5.41) is 8.55. The number of hydrogen-bond acceptors (Lipinski definition) is 2. The van der Waals surface area contributed by atoms with Crippen LogP contribution in [-0.2, 0) is 12.8 Å². The molecule has 1 aromatic rings. The highest BCUT2D eigenvalue weighted by Gasteiger charge is 2.12. The molecule has 0 fully saturated rings. The average Bonchev–Trinajstić information content (AvgIpc) is 2.35. The zero-order valence-electron chi connectivity index (χ0n) is 9.58. The van der Waals surface area contributed by atoms with Gasteiger partial charge in [-0.05, 0) is 48.8 Å². The van der Waals surface area contributed by atoms with Crippen molar-refractivity contribution >= 4 is 0 Å². The van der Waals surface area contributed by atoms with E-state index in [0.717, 1.165) is 6.42 Å². The highest BCUT2D eigenvalue weighted by atomic mass is 14.6. The summed E-state index contributed by atoms with van der Waals surface area (Å²) in [6.07, 6.45) is 6.31. The van der Waals surface area contributed by atoms with Gasteiger partial charge in [0.1, 0.15) is 0 Å². The van der Waals surface area contributed by atoms with Gasteiger partial charge in [-0.25, -0.2) is 0 Å². The number of fused-ring (bicyclic) bond motifs is 1. The Kier molecular flexibility index (Phi) is 3.58. The SMILES string of the molecule is N#CCCC(N)c1ccc2c(c1)CCCC2. The zero-order chi connectivity index (χ0) is 11.4. The van der Waals surface area contributed by atoms with Crippen LogP contribution in [0.4, 0.5) is 0 Å². The van der Waals surface area contributed by atoms with E-state index in [1.165, 1.54) is 42.4 Å². The van der Waals surface area contributed by atoms with Crippen molar-refractivity contribution in [2.24, 2.45) is 5.73 Å². The molecule has 0 radical (unpaired) electrons. The molecule has 0 aromatic heterocycles. The summed E-state index contributed by atoms with van der Waals surface area (Å²) in [6, 6.07) is 8.77. The van der Waals surface area contributed by atoms with E-state index in [-0.39, 0.29) is 6.04 Å². The lowest BCUT2D eigenvalue weighted by atomic mass is 9.88. The van der Waals surface area contributed by atoms with Crippen LogP contribution in [0.2, 0.25) is 0 Å². The Morgan fingerprint density at radius 2 is 2.00 bits per heavy atom. The lowest BCUT2D eigenvalue weighted by Crippen LogP contribution is -2.12. The van der Waals surface area contributed by atoms with Crippen LogP contribution < -0.4 is 5.73 Å². The molecule has 2 rings (SSSR count). The fourth-order valence-electron chi connectivity index (χ4n) is 2.37. The van der Waals surface area contributed by atoms with Crippen molar-refractivity contribution in [2.75, 3.05) is 0 Å². The van der Waals surface area contributed by atoms with Crippen molar-refractivity contribution in [1.29, 1.82) is 5.26 Å². The Labute approximate surface area is 97.1 Å². The van der Waals surface area contributed by atoms with Gasteiger partial charge in [0.25, 0.3) is 0 Å². The Morgan fingerprint density at radius 1 is 1.25 bits per heavy atom. The molecular formula is C14H18N2. The lowest BCUT2D eigenvalue weighted by molar-refractivity contribution is 0.653. The lowest BCUT2D eigenvalue weighted by Gasteiger charge is -2.18. The number of nitrogens with zero attached hydrogens (tertiary/aromatic N) is 1. The van der Waals surface area contributed by atoms with Gasteiger partial charge in [-0.2, -0.15) is 5.26 Å². The van der Waals surface area contributed by atoms with Gasteiger partial charge in [0.15, 0.2) is 0 Å². The molecule has 0 aliphatic heterocycles. The van der Waals surface area contributed by atoms with Gasteiger partial charge in [-0.15, -0.1) is 0 Å². The molecule has 1 atom stereocenters. The van der Waals surface area contributed by atoms with Crippen molar-refractivity contribution in [3.8, 4) is 6.07 Å². The Bertz CT molecular complexity index is 404. The smallest absolute Gasteiger partial charge is 0.0622 e. The second kappa shape index (κ2) is 5.14. The van der Waals surface area contributed by atoms with E-state index < -0.39 is 0 Å². The number of rotatable bonds is 3. The average molecular weight is 214 g/mol. The van der Waals surface area contributed by atoms with Crippen LogP contribution in [0.5, 0.6) is 0 Å². The minimum absolute atomic E-state index is 0.0203. The van der Waals surface area contributed by atoms with Crippen molar-refractivity contribution in [3.63, 3.8) is 0 Å². The van der Waals surface area contributed by atoms with Crippen LogP contribution in [0.15, 0.2) is 18.2 Å². The van der Waals surface area contributed by atoms with Gasteiger partial charge in [0.05, 0.1) is 6.07 Å². The van der Waals surface area contributed by atoms with Crippen LogP contribution >= 0.6 is 0 Å². The van der Waals surface area contributed by atoms with E-state index in [1.807, 2.05) is 0 Å². The molecule has 2 heteroatoms. The first kappa shape index (κ1) is 11.2. The summed E-state index contributed by atoms with van der Waals surface area (Å²) in [6.45, 7) is 0. The third-order valence-corrected chi connectivity index (χ3v) is 3.37. The fourth-order valence-corrected chi connectivity index (χ4v) is 2.37. The minimum Gasteiger partial charge on any atom is -0.324 e. The fraction of sp³-hybridized carbons (Fsp3) is 0.500. The van der Waals surface area contributed by atoms with E-state index in [9.17, 15) is 0 Å². The van der Waals surface area contributed by atoms with Gasteiger partial charge in [-0.1, -0.05) is 18.2 Å². The van der Waals surface area contributed by atoms with Crippen molar-refractivity contribution in [3.05, 3.63) is 34.9 Å². The Balaban J connectivity index is 2.13.